The molecule has 2 rings (SSSR count). The highest BCUT2D eigenvalue weighted by Crippen LogP contribution is 2.26. The molecular formula is C12H18N2O. The molecule has 1 saturated heterocycles. The molecule has 2 N–H and O–H groups in total. The van der Waals surface area contributed by atoms with Crippen LogP contribution in [-0.2, 0) is 0 Å². The number of nitrogens with two attached hydrogens (primary N) is 1. The fourth-order valence-corrected chi connectivity index (χ4v) is 2.08. The third-order valence-electron chi connectivity index (χ3n) is 2.97. The van der Waals surface area contributed by atoms with E-state index >= 15 is 0 Å². The molecule has 0 radical (unpaired) electrons. The molecule has 1 fully saturated rings. The van der Waals surface area contributed by atoms with Gasteiger partial charge in [-0.15, -0.1) is 0 Å². The molecule has 0 aliphatic carbocycles. The first kappa shape index (κ1) is 10.3. The van der Waals surface area contributed by atoms with Crippen molar-refractivity contribution in [2.45, 2.75) is 19.4 Å². The van der Waals surface area contributed by atoms with Gasteiger partial charge in [0.05, 0.1) is 7.11 Å². The van der Waals surface area contributed by atoms with Crippen LogP contribution in [0.3, 0.4) is 0 Å². The zero-order valence-corrected chi connectivity index (χ0v) is 9.36. The first-order chi connectivity index (χ1) is 7.20. The highest BCUT2D eigenvalue weighted by molar-refractivity contribution is 5.53. The van der Waals surface area contributed by atoms with Crippen LogP contribution in [0.2, 0.25) is 0 Å². The van der Waals surface area contributed by atoms with Crippen LogP contribution < -0.4 is 15.4 Å². The fourth-order valence-electron chi connectivity index (χ4n) is 2.08. The second-order valence-electron chi connectivity index (χ2n) is 4.15. The van der Waals surface area contributed by atoms with E-state index in [9.17, 15) is 0 Å². The highest BCUT2D eigenvalue weighted by Gasteiger charge is 2.19. The van der Waals surface area contributed by atoms with Crippen molar-refractivity contribution in [1.29, 1.82) is 0 Å². The SMILES string of the molecule is COc1ccc(N2CCC(N)C2)cc1C. The third-order valence-corrected chi connectivity index (χ3v) is 2.97. The zero-order valence-electron chi connectivity index (χ0n) is 9.36. The van der Waals surface area contributed by atoms with Crippen LogP contribution in [0.25, 0.3) is 0 Å². The Morgan fingerprint density at radius 1 is 1.47 bits per heavy atom. The maximum Gasteiger partial charge on any atom is 0.121 e. The number of hydrogen-bond donors (Lipinski definition) is 1. The minimum Gasteiger partial charge on any atom is -0.496 e. The smallest absolute Gasteiger partial charge is 0.121 e. The van der Waals surface area contributed by atoms with Crippen LogP contribution in [-0.4, -0.2) is 26.2 Å². The summed E-state index contributed by atoms with van der Waals surface area (Å²) in [5.74, 6) is 0.947. The van der Waals surface area contributed by atoms with Gasteiger partial charge in [0.15, 0.2) is 0 Å². The number of rotatable bonds is 2. The summed E-state index contributed by atoms with van der Waals surface area (Å²) in [5.41, 5.74) is 8.32. The van der Waals surface area contributed by atoms with Crippen molar-refractivity contribution < 1.29 is 4.74 Å². The number of hydrogen-bond acceptors (Lipinski definition) is 3. The van der Waals surface area contributed by atoms with Gasteiger partial charge in [0.1, 0.15) is 5.75 Å². The lowest BCUT2D eigenvalue weighted by molar-refractivity contribution is 0.411. The Bertz CT molecular complexity index is 351. The molecule has 1 aliphatic rings. The molecule has 1 aliphatic heterocycles. The van der Waals surface area contributed by atoms with E-state index in [1.54, 1.807) is 7.11 Å². The van der Waals surface area contributed by atoms with Crippen molar-refractivity contribution in [1.82, 2.24) is 0 Å². The second-order valence-corrected chi connectivity index (χ2v) is 4.15. The van der Waals surface area contributed by atoms with E-state index in [-0.39, 0.29) is 0 Å². The van der Waals surface area contributed by atoms with Crippen LogP contribution in [0.15, 0.2) is 18.2 Å². The van der Waals surface area contributed by atoms with Crippen molar-refractivity contribution in [3.05, 3.63) is 23.8 Å². The van der Waals surface area contributed by atoms with Crippen molar-refractivity contribution in [2.24, 2.45) is 5.73 Å². The van der Waals surface area contributed by atoms with Gasteiger partial charge in [-0.2, -0.15) is 0 Å². The lowest BCUT2D eigenvalue weighted by atomic mass is 10.2. The molecule has 3 nitrogen and oxygen atoms in total. The zero-order chi connectivity index (χ0) is 10.8. The molecule has 0 aromatic heterocycles. The Kier molecular flexibility index (Phi) is 2.82. The van der Waals surface area contributed by atoms with E-state index in [0.717, 1.165) is 25.3 Å². The summed E-state index contributed by atoms with van der Waals surface area (Å²) >= 11 is 0. The number of methoxy groups -OCH3 is 1. The minimum absolute atomic E-state index is 0.326. The first-order valence-electron chi connectivity index (χ1n) is 5.36. The quantitative estimate of drug-likeness (QED) is 0.797. The number of anilines is 1. The van der Waals surface area contributed by atoms with Gasteiger partial charge in [0.25, 0.3) is 0 Å². The monoisotopic (exact) mass is 206 g/mol. The largest absolute Gasteiger partial charge is 0.496 e. The van der Waals surface area contributed by atoms with Crippen LogP contribution >= 0.6 is 0 Å². The van der Waals surface area contributed by atoms with Gasteiger partial charge in [-0.25, -0.2) is 0 Å². The minimum atomic E-state index is 0.326. The molecule has 1 atom stereocenters. The Morgan fingerprint density at radius 2 is 2.27 bits per heavy atom. The van der Waals surface area contributed by atoms with Gasteiger partial charge in [0, 0.05) is 24.8 Å². The molecular weight excluding hydrogens is 188 g/mol. The Labute approximate surface area is 90.8 Å². The van der Waals surface area contributed by atoms with E-state index < -0.39 is 0 Å². The topological polar surface area (TPSA) is 38.5 Å². The predicted octanol–water partition coefficient (Wildman–Crippen LogP) is 1.54. The van der Waals surface area contributed by atoms with E-state index in [1.165, 1.54) is 11.3 Å². The normalized spacial score (nSPS) is 20.7. The van der Waals surface area contributed by atoms with Crippen molar-refractivity contribution >= 4 is 5.69 Å². The van der Waals surface area contributed by atoms with Gasteiger partial charge in [-0.05, 0) is 37.1 Å². The first-order valence-corrected chi connectivity index (χ1v) is 5.36. The van der Waals surface area contributed by atoms with Gasteiger partial charge in [-0.3, -0.25) is 0 Å². The number of benzene rings is 1. The van der Waals surface area contributed by atoms with E-state index in [0.29, 0.717) is 6.04 Å². The summed E-state index contributed by atoms with van der Waals surface area (Å²) in [6, 6.07) is 6.61. The average molecular weight is 206 g/mol. The summed E-state index contributed by atoms with van der Waals surface area (Å²) in [6.07, 6.45) is 1.09. The third kappa shape index (κ3) is 2.07. The second kappa shape index (κ2) is 4.11. The van der Waals surface area contributed by atoms with Gasteiger partial charge in [-0.1, -0.05) is 0 Å². The molecule has 0 saturated carbocycles. The van der Waals surface area contributed by atoms with Crippen LogP contribution in [0, 0.1) is 6.92 Å². The predicted molar refractivity (Wildman–Crippen MR) is 62.5 cm³/mol. The molecule has 1 heterocycles. The lowest BCUT2D eigenvalue weighted by Crippen LogP contribution is -2.26. The molecule has 1 aromatic carbocycles. The average Bonchev–Trinajstić information content (AvgIpc) is 2.65. The number of nitrogens with zero attached hydrogens (tertiary/aromatic N) is 1. The van der Waals surface area contributed by atoms with Crippen molar-refractivity contribution in [2.75, 3.05) is 25.1 Å². The summed E-state index contributed by atoms with van der Waals surface area (Å²) in [4.78, 5) is 2.33. The molecule has 1 aromatic rings. The summed E-state index contributed by atoms with van der Waals surface area (Å²) in [7, 11) is 1.70. The van der Waals surface area contributed by atoms with Crippen LogP contribution in [0.4, 0.5) is 5.69 Å². The van der Waals surface area contributed by atoms with Gasteiger partial charge >= 0.3 is 0 Å². The lowest BCUT2D eigenvalue weighted by Gasteiger charge is -2.19. The Balaban J connectivity index is 2.19. The number of aryl methyl sites for hydroxylation is 1. The molecule has 0 amide bonds. The maximum atomic E-state index is 5.89. The molecule has 82 valence electrons. The summed E-state index contributed by atoms with van der Waals surface area (Å²) in [5, 5.41) is 0. The van der Waals surface area contributed by atoms with E-state index in [1.807, 2.05) is 6.07 Å². The summed E-state index contributed by atoms with van der Waals surface area (Å²) < 4.78 is 5.24. The molecule has 1 unspecified atom stereocenters. The molecule has 0 bridgehead atoms. The van der Waals surface area contributed by atoms with Gasteiger partial charge in [0.2, 0.25) is 0 Å². The Hall–Kier alpha value is -1.22. The standard InChI is InChI=1S/C12H18N2O/c1-9-7-11(3-4-12(9)15-2)14-6-5-10(13)8-14/h3-4,7,10H,5-6,8,13H2,1-2H3. The maximum absolute atomic E-state index is 5.89. The number of ether oxygens (including phenoxy) is 1. The van der Waals surface area contributed by atoms with Crippen molar-refractivity contribution in [3.63, 3.8) is 0 Å². The van der Waals surface area contributed by atoms with E-state index in [4.69, 9.17) is 10.5 Å². The van der Waals surface area contributed by atoms with Gasteiger partial charge < -0.3 is 15.4 Å². The van der Waals surface area contributed by atoms with Crippen LogP contribution in [0.5, 0.6) is 5.75 Å². The summed E-state index contributed by atoms with van der Waals surface area (Å²) in [6.45, 7) is 4.09. The van der Waals surface area contributed by atoms with Crippen molar-refractivity contribution in [3.8, 4) is 5.75 Å². The van der Waals surface area contributed by atoms with Crippen LogP contribution in [0.1, 0.15) is 12.0 Å². The fraction of sp³-hybridized carbons (Fsp3) is 0.500. The molecule has 0 spiro atoms. The highest BCUT2D eigenvalue weighted by atomic mass is 16.5. The Morgan fingerprint density at radius 3 is 2.80 bits per heavy atom. The van der Waals surface area contributed by atoms with E-state index in [2.05, 4.69) is 24.0 Å². The molecule has 15 heavy (non-hydrogen) atoms. The molecule has 3 heteroatoms.